The molecule has 0 bridgehead atoms. The lowest BCUT2D eigenvalue weighted by atomic mass is 9.80. The van der Waals surface area contributed by atoms with Crippen LogP contribution in [-0.2, 0) is 9.59 Å². The summed E-state index contributed by atoms with van der Waals surface area (Å²) in [4.78, 5) is 27.7. The number of aromatic nitrogens is 1. The molecule has 1 amide bonds. The number of rotatable bonds is 6. The Morgan fingerprint density at radius 2 is 1.87 bits per heavy atom. The first-order valence-corrected chi connectivity index (χ1v) is 10.6. The lowest BCUT2D eigenvalue weighted by molar-refractivity contribution is -0.146. The predicted molar refractivity (Wildman–Crippen MR) is 120 cm³/mol. The van der Waals surface area contributed by atoms with Gasteiger partial charge in [0.25, 0.3) is 5.91 Å². The number of carboxylic acid groups (broad SMARTS) is 1. The summed E-state index contributed by atoms with van der Waals surface area (Å²) in [6.45, 7) is 1.65. The van der Waals surface area contributed by atoms with Gasteiger partial charge in [-0.15, -0.1) is 0 Å². The Balaban J connectivity index is 1.51. The lowest BCUT2D eigenvalue weighted by Gasteiger charge is -2.33. The number of nitrogens with zero attached hydrogens (tertiary/aromatic N) is 1. The molecule has 4 rings (SSSR count). The number of hydrogen-bond donors (Lipinski definition) is 2. The van der Waals surface area contributed by atoms with Gasteiger partial charge in [-0.1, -0.05) is 41.4 Å². The number of amides is 1. The van der Waals surface area contributed by atoms with Crippen LogP contribution in [0.3, 0.4) is 0 Å². The summed E-state index contributed by atoms with van der Waals surface area (Å²) in [5.41, 5.74) is 2.33. The molecule has 3 aromatic rings. The van der Waals surface area contributed by atoms with Crippen LogP contribution in [-0.4, -0.2) is 34.1 Å². The van der Waals surface area contributed by atoms with E-state index in [2.05, 4.69) is 10.3 Å². The average molecular weight is 459 g/mol. The van der Waals surface area contributed by atoms with Gasteiger partial charge in [-0.05, 0) is 49.6 Å². The monoisotopic (exact) mass is 458 g/mol. The molecule has 1 aliphatic rings. The molecule has 8 heteroatoms. The van der Waals surface area contributed by atoms with Crippen LogP contribution in [0.5, 0.6) is 5.75 Å². The molecular formula is C23H20Cl2N2O4. The maximum atomic E-state index is 12.4. The zero-order chi connectivity index (χ0) is 22.1. The van der Waals surface area contributed by atoms with Gasteiger partial charge in [0.15, 0.2) is 6.10 Å². The third kappa shape index (κ3) is 4.60. The summed E-state index contributed by atoms with van der Waals surface area (Å²) < 4.78 is 5.80. The van der Waals surface area contributed by atoms with E-state index < -0.39 is 12.1 Å². The second-order valence-electron chi connectivity index (χ2n) is 7.62. The molecule has 1 saturated carbocycles. The highest BCUT2D eigenvalue weighted by Crippen LogP contribution is 2.36. The minimum atomic E-state index is -0.826. The fourth-order valence-electron chi connectivity index (χ4n) is 3.67. The maximum Gasteiger partial charge on any atom is 0.306 e. The zero-order valence-electron chi connectivity index (χ0n) is 16.6. The van der Waals surface area contributed by atoms with Gasteiger partial charge < -0.3 is 15.2 Å². The average Bonchev–Trinajstić information content (AvgIpc) is 2.69. The standard InChI is InChI=1S/C23H20Cl2N2O4/c1-12(22(28)26-14-8-13(9-14)23(29)30)31-15-6-7-17-18(11-21(25)27-20(17)10-15)16-4-2-3-5-19(16)24/h2-7,10-14H,8-9H2,1H3,(H,26,28)(H,29,30)/t12-,13?,14?/m1/s1. The molecule has 0 aliphatic heterocycles. The van der Waals surface area contributed by atoms with Crippen molar-refractivity contribution in [1.82, 2.24) is 10.3 Å². The summed E-state index contributed by atoms with van der Waals surface area (Å²) in [6.07, 6.45) is 0.136. The molecule has 0 radical (unpaired) electrons. The van der Waals surface area contributed by atoms with Crippen LogP contribution in [0.1, 0.15) is 19.8 Å². The normalized spacial score (nSPS) is 18.8. The SMILES string of the molecule is C[C@@H](Oc1ccc2c(-c3ccccc3Cl)cc(Cl)nc2c1)C(=O)NC1CC(C(=O)O)C1. The van der Waals surface area contributed by atoms with Crippen molar-refractivity contribution in [3.05, 3.63) is 58.7 Å². The molecule has 1 fully saturated rings. The number of hydrogen-bond acceptors (Lipinski definition) is 4. The number of fused-ring (bicyclic) bond motifs is 1. The topological polar surface area (TPSA) is 88.5 Å². The van der Waals surface area contributed by atoms with Gasteiger partial charge >= 0.3 is 5.97 Å². The summed E-state index contributed by atoms with van der Waals surface area (Å²) >= 11 is 12.6. The number of carboxylic acids is 1. The largest absolute Gasteiger partial charge is 0.481 e. The summed E-state index contributed by atoms with van der Waals surface area (Å²) in [7, 11) is 0. The van der Waals surface area contributed by atoms with Crippen molar-refractivity contribution in [2.75, 3.05) is 0 Å². The fourth-order valence-corrected chi connectivity index (χ4v) is 4.10. The van der Waals surface area contributed by atoms with Gasteiger partial charge in [0.2, 0.25) is 0 Å². The van der Waals surface area contributed by atoms with Crippen molar-refractivity contribution < 1.29 is 19.4 Å². The number of carbonyl (C=O) groups excluding carboxylic acids is 1. The first-order valence-electron chi connectivity index (χ1n) is 9.87. The van der Waals surface area contributed by atoms with E-state index in [1.165, 1.54) is 0 Å². The Labute approximate surface area is 189 Å². The molecule has 1 heterocycles. The molecule has 2 aromatic carbocycles. The fraction of sp³-hybridized carbons (Fsp3) is 0.261. The number of nitrogens with one attached hydrogen (secondary N) is 1. The minimum absolute atomic E-state index is 0.130. The van der Waals surface area contributed by atoms with Gasteiger partial charge in [0.05, 0.1) is 11.4 Å². The molecule has 0 unspecified atom stereocenters. The van der Waals surface area contributed by atoms with E-state index in [0.29, 0.717) is 34.3 Å². The minimum Gasteiger partial charge on any atom is -0.481 e. The maximum absolute atomic E-state index is 12.4. The number of aliphatic carboxylic acids is 1. The van der Waals surface area contributed by atoms with E-state index in [1.54, 1.807) is 25.1 Å². The van der Waals surface area contributed by atoms with Crippen molar-refractivity contribution in [2.45, 2.75) is 31.9 Å². The molecular weight excluding hydrogens is 439 g/mol. The van der Waals surface area contributed by atoms with E-state index >= 15 is 0 Å². The van der Waals surface area contributed by atoms with Gasteiger partial charge in [0.1, 0.15) is 10.9 Å². The Bertz CT molecular complexity index is 1160. The molecule has 2 N–H and O–H groups in total. The van der Waals surface area contributed by atoms with Crippen molar-refractivity contribution >= 4 is 46.0 Å². The van der Waals surface area contributed by atoms with E-state index in [9.17, 15) is 9.59 Å². The molecule has 1 atom stereocenters. The number of pyridine rings is 1. The Hall–Kier alpha value is -2.83. The number of benzene rings is 2. The Kier molecular flexibility index (Phi) is 6.03. The van der Waals surface area contributed by atoms with E-state index in [0.717, 1.165) is 16.5 Å². The highest BCUT2D eigenvalue weighted by molar-refractivity contribution is 6.34. The molecule has 0 saturated heterocycles. The smallest absolute Gasteiger partial charge is 0.306 e. The van der Waals surface area contributed by atoms with E-state index in [4.69, 9.17) is 33.0 Å². The highest BCUT2D eigenvalue weighted by atomic mass is 35.5. The summed E-state index contributed by atoms with van der Waals surface area (Å²) in [6, 6.07) is 14.5. The van der Waals surface area contributed by atoms with Crippen LogP contribution >= 0.6 is 23.2 Å². The van der Waals surface area contributed by atoms with Crippen molar-refractivity contribution in [3.8, 4) is 16.9 Å². The second-order valence-corrected chi connectivity index (χ2v) is 8.42. The van der Waals surface area contributed by atoms with Gasteiger partial charge in [-0.25, -0.2) is 4.98 Å². The zero-order valence-corrected chi connectivity index (χ0v) is 18.2. The highest BCUT2D eigenvalue weighted by Gasteiger charge is 2.36. The molecule has 160 valence electrons. The van der Waals surface area contributed by atoms with E-state index in [-0.39, 0.29) is 17.9 Å². The van der Waals surface area contributed by atoms with Crippen LogP contribution in [0, 0.1) is 5.92 Å². The third-order valence-corrected chi connectivity index (χ3v) is 5.95. The van der Waals surface area contributed by atoms with Gasteiger partial charge in [0, 0.05) is 28.1 Å². The van der Waals surface area contributed by atoms with Crippen LogP contribution in [0.15, 0.2) is 48.5 Å². The Morgan fingerprint density at radius 3 is 2.58 bits per heavy atom. The summed E-state index contributed by atoms with van der Waals surface area (Å²) in [5.74, 6) is -1.02. The number of ether oxygens (including phenoxy) is 1. The molecule has 31 heavy (non-hydrogen) atoms. The third-order valence-electron chi connectivity index (χ3n) is 5.43. The molecule has 1 aromatic heterocycles. The Morgan fingerprint density at radius 1 is 1.13 bits per heavy atom. The molecule has 1 aliphatic carbocycles. The van der Waals surface area contributed by atoms with Gasteiger partial charge in [-0.2, -0.15) is 0 Å². The number of carbonyl (C=O) groups is 2. The molecule has 0 spiro atoms. The first kappa shape index (κ1) is 21.4. The second kappa shape index (κ2) is 8.73. The van der Waals surface area contributed by atoms with Gasteiger partial charge in [-0.3, -0.25) is 9.59 Å². The van der Waals surface area contributed by atoms with Crippen LogP contribution < -0.4 is 10.1 Å². The molecule has 6 nitrogen and oxygen atoms in total. The van der Waals surface area contributed by atoms with Crippen LogP contribution in [0.25, 0.3) is 22.0 Å². The van der Waals surface area contributed by atoms with Crippen LogP contribution in [0.2, 0.25) is 10.2 Å². The number of halogens is 2. The van der Waals surface area contributed by atoms with E-state index in [1.807, 2.05) is 30.3 Å². The van der Waals surface area contributed by atoms with Crippen molar-refractivity contribution in [1.29, 1.82) is 0 Å². The summed E-state index contributed by atoms with van der Waals surface area (Å²) in [5, 5.41) is 13.6. The first-order chi connectivity index (χ1) is 14.8. The lowest BCUT2D eigenvalue weighted by Crippen LogP contribution is -2.50. The quantitative estimate of drug-likeness (QED) is 0.509. The predicted octanol–water partition coefficient (Wildman–Crippen LogP) is 4.96. The van der Waals surface area contributed by atoms with Crippen molar-refractivity contribution in [2.24, 2.45) is 5.92 Å². The van der Waals surface area contributed by atoms with Crippen molar-refractivity contribution in [3.63, 3.8) is 0 Å². The van der Waals surface area contributed by atoms with Crippen LogP contribution in [0.4, 0.5) is 0 Å².